The third-order valence-electron chi connectivity index (χ3n) is 2.84. The Balaban J connectivity index is 1.95. The number of rotatable bonds is 7. The third kappa shape index (κ3) is 5.54. The molecule has 0 saturated heterocycles. The molecule has 5 nitrogen and oxygen atoms in total. The molecule has 0 atom stereocenters. The fourth-order valence-corrected chi connectivity index (χ4v) is 2.66. The van der Waals surface area contributed by atoms with Gasteiger partial charge in [0.1, 0.15) is 11.6 Å². The van der Waals surface area contributed by atoms with Gasteiger partial charge in [0.2, 0.25) is 11.8 Å². The molecule has 2 aromatic rings. The number of hydrogen-bond acceptors (Lipinski definition) is 4. The minimum absolute atomic E-state index is 0.0377. The van der Waals surface area contributed by atoms with Gasteiger partial charge in [0.05, 0.1) is 12.3 Å². The minimum Gasteiger partial charge on any atom is -0.375 e. The third-order valence-corrected chi connectivity index (χ3v) is 3.94. The molecule has 0 heterocycles. The first-order chi connectivity index (χ1) is 11.4. The Morgan fingerprint density at radius 2 is 1.75 bits per heavy atom. The highest BCUT2D eigenvalue weighted by Crippen LogP contribution is 2.26. The van der Waals surface area contributed by atoms with Gasteiger partial charge in [-0.1, -0.05) is 12.1 Å². The number of thioether (sulfide) groups is 1. The molecule has 0 saturated carbocycles. The lowest BCUT2D eigenvalue weighted by atomic mass is 10.3. The maximum atomic E-state index is 13.1. The number of halogens is 2. The van der Waals surface area contributed by atoms with Gasteiger partial charge in [-0.05, 0) is 24.3 Å². The summed E-state index contributed by atoms with van der Waals surface area (Å²) in [6, 6.07) is 9.88. The summed E-state index contributed by atoms with van der Waals surface area (Å²) in [5.74, 6) is -2.33. The molecule has 4 N–H and O–H groups in total. The van der Waals surface area contributed by atoms with Crippen molar-refractivity contribution in [3.05, 3.63) is 54.1 Å². The quantitative estimate of drug-likeness (QED) is 0.670. The van der Waals surface area contributed by atoms with E-state index in [-0.39, 0.29) is 18.0 Å². The Hall–Kier alpha value is -2.61. The van der Waals surface area contributed by atoms with Crippen LogP contribution >= 0.6 is 11.8 Å². The molecule has 2 amide bonds. The molecule has 8 heteroatoms. The van der Waals surface area contributed by atoms with Crippen molar-refractivity contribution in [3.63, 3.8) is 0 Å². The zero-order chi connectivity index (χ0) is 17.5. The van der Waals surface area contributed by atoms with Crippen LogP contribution in [-0.4, -0.2) is 24.1 Å². The molecule has 2 aromatic carbocycles. The predicted molar refractivity (Wildman–Crippen MR) is 89.8 cm³/mol. The van der Waals surface area contributed by atoms with E-state index in [0.717, 1.165) is 23.1 Å². The van der Waals surface area contributed by atoms with Crippen LogP contribution < -0.4 is 16.4 Å². The molecule has 0 aliphatic heterocycles. The van der Waals surface area contributed by atoms with E-state index in [9.17, 15) is 18.4 Å². The summed E-state index contributed by atoms with van der Waals surface area (Å²) in [7, 11) is 0. The normalized spacial score (nSPS) is 10.2. The van der Waals surface area contributed by atoms with Gasteiger partial charge in [-0.25, -0.2) is 8.78 Å². The second-order valence-electron chi connectivity index (χ2n) is 4.81. The summed E-state index contributed by atoms with van der Waals surface area (Å²) in [5.41, 5.74) is 5.81. The predicted octanol–water partition coefficient (Wildman–Crippen LogP) is 2.59. The lowest BCUT2D eigenvalue weighted by molar-refractivity contribution is -0.116. The highest BCUT2D eigenvalue weighted by Gasteiger charge is 2.08. The van der Waals surface area contributed by atoms with Crippen molar-refractivity contribution in [1.29, 1.82) is 0 Å². The zero-order valence-corrected chi connectivity index (χ0v) is 13.3. The maximum absolute atomic E-state index is 13.1. The molecule has 24 heavy (non-hydrogen) atoms. The van der Waals surface area contributed by atoms with E-state index < -0.39 is 23.4 Å². The Kier molecular flexibility index (Phi) is 6.14. The van der Waals surface area contributed by atoms with Crippen LogP contribution in [0.15, 0.2) is 47.4 Å². The van der Waals surface area contributed by atoms with Gasteiger partial charge in [0.15, 0.2) is 0 Å². The monoisotopic (exact) mass is 351 g/mol. The SMILES string of the molecule is NC(=O)CSc1ccccc1NCC(=O)Nc1cc(F)cc(F)c1. The van der Waals surface area contributed by atoms with Crippen LogP contribution in [0.5, 0.6) is 0 Å². The number of benzene rings is 2. The molecular formula is C16H15F2N3O2S. The second-order valence-corrected chi connectivity index (χ2v) is 5.83. The van der Waals surface area contributed by atoms with E-state index in [1.54, 1.807) is 24.3 Å². The van der Waals surface area contributed by atoms with E-state index in [1.165, 1.54) is 11.8 Å². The van der Waals surface area contributed by atoms with Gasteiger partial charge < -0.3 is 16.4 Å². The smallest absolute Gasteiger partial charge is 0.243 e. The number of nitrogens with one attached hydrogen (secondary N) is 2. The van der Waals surface area contributed by atoms with Crippen LogP contribution in [0.2, 0.25) is 0 Å². The first-order valence-electron chi connectivity index (χ1n) is 6.94. The van der Waals surface area contributed by atoms with Crippen LogP contribution in [0, 0.1) is 11.6 Å². The summed E-state index contributed by atoms with van der Waals surface area (Å²) < 4.78 is 26.2. The first-order valence-corrected chi connectivity index (χ1v) is 7.92. The Labute approximate surface area is 141 Å². The van der Waals surface area contributed by atoms with Crippen LogP contribution in [-0.2, 0) is 9.59 Å². The molecule has 0 fully saturated rings. The van der Waals surface area contributed by atoms with E-state index in [1.807, 2.05) is 0 Å². The van der Waals surface area contributed by atoms with Crippen molar-refractivity contribution in [1.82, 2.24) is 0 Å². The number of primary amides is 1. The highest BCUT2D eigenvalue weighted by molar-refractivity contribution is 8.00. The largest absolute Gasteiger partial charge is 0.375 e. The molecule has 0 aliphatic carbocycles. The van der Waals surface area contributed by atoms with Crippen LogP contribution in [0.1, 0.15) is 0 Å². The molecule has 0 aromatic heterocycles. The fraction of sp³-hybridized carbons (Fsp3) is 0.125. The average Bonchev–Trinajstić information content (AvgIpc) is 2.50. The Bertz CT molecular complexity index is 736. The lowest BCUT2D eigenvalue weighted by Crippen LogP contribution is -2.22. The van der Waals surface area contributed by atoms with Gasteiger partial charge in [0, 0.05) is 22.3 Å². The van der Waals surface area contributed by atoms with Gasteiger partial charge in [-0.2, -0.15) is 0 Å². The number of para-hydroxylation sites is 1. The van der Waals surface area contributed by atoms with Gasteiger partial charge in [-0.15, -0.1) is 11.8 Å². The molecule has 0 aliphatic rings. The van der Waals surface area contributed by atoms with Crippen molar-refractivity contribution in [2.24, 2.45) is 5.73 Å². The molecule has 0 radical (unpaired) electrons. The second kappa shape index (κ2) is 8.30. The van der Waals surface area contributed by atoms with Gasteiger partial charge >= 0.3 is 0 Å². The van der Waals surface area contributed by atoms with Gasteiger partial charge in [0.25, 0.3) is 0 Å². The number of hydrogen-bond donors (Lipinski definition) is 3. The molecule has 2 rings (SSSR count). The summed E-state index contributed by atoms with van der Waals surface area (Å²) in [6.45, 7) is -0.105. The fourth-order valence-electron chi connectivity index (χ4n) is 1.89. The Morgan fingerprint density at radius 3 is 2.42 bits per heavy atom. The number of carbonyl (C=O) groups excluding carboxylic acids is 2. The number of amides is 2. The lowest BCUT2D eigenvalue weighted by Gasteiger charge is -2.11. The van der Waals surface area contributed by atoms with E-state index in [2.05, 4.69) is 10.6 Å². The van der Waals surface area contributed by atoms with Crippen LogP contribution in [0.25, 0.3) is 0 Å². The van der Waals surface area contributed by atoms with E-state index in [0.29, 0.717) is 5.69 Å². The van der Waals surface area contributed by atoms with Crippen molar-refractivity contribution in [3.8, 4) is 0 Å². The van der Waals surface area contributed by atoms with Crippen molar-refractivity contribution in [2.45, 2.75) is 4.90 Å². The van der Waals surface area contributed by atoms with Crippen LogP contribution in [0.3, 0.4) is 0 Å². The van der Waals surface area contributed by atoms with E-state index >= 15 is 0 Å². The molecule has 126 valence electrons. The maximum Gasteiger partial charge on any atom is 0.243 e. The standard InChI is InChI=1S/C16H15F2N3O2S/c17-10-5-11(18)7-12(6-10)21-16(23)8-20-13-3-1-2-4-14(13)24-9-15(19)22/h1-7,20H,8-9H2,(H2,19,22)(H,21,23). The molecular weight excluding hydrogens is 336 g/mol. The first kappa shape index (κ1) is 17.7. The summed E-state index contributed by atoms with van der Waals surface area (Å²) in [5, 5.41) is 5.31. The van der Waals surface area contributed by atoms with Crippen molar-refractivity contribution < 1.29 is 18.4 Å². The molecule has 0 bridgehead atoms. The van der Waals surface area contributed by atoms with Crippen LogP contribution in [0.4, 0.5) is 20.2 Å². The number of carbonyl (C=O) groups is 2. The summed E-state index contributed by atoms with van der Waals surface area (Å²) in [4.78, 5) is 23.5. The molecule has 0 spiro atoms. The van der Waals surface area contributed by atoms with Crippen molar-refractivity contribution in [2.75, 3.05) is 22.9 Å². The summed E-state index contributed by atoms with van der Waals surface area (Å²) in [6.07, 6.45) is 0. The van der Waals surface area contributed by atoms with Crippen molar-refractivity contribution >= 4 is 35.0 Å². The zero-order valence-electron chi connectivity index (χ0n) is 12.5. The number of anilines is 2. The molecule has 0 unspecified atom stereocenters. The van der Waals surface area contributed by atoms with Gasteiger partial charge in [-0.3, -0.25) is 9.59 Å². The topological polar surface area (TPSA) is 84.2 Å². The highest BCUT2D eigenvalue weighted by atomic mass is 32.2. The Morgan fingerprint density at radius 1 is 1.08 bits per heavy atom. The average molecular weight is 351 g/mol. The van der Waals surface area contributed by atoms with E-state index in [4.69, 9.17) is 5.73 Å². The minimum atomic E-state index is -0.772. The summed E-state index contributed by atoms with van der Waals surface area (Å²) >= 11 is 1.25. The number of nitrogens with two attached hydrogens (primary N) is 1.